The molecule has 0 atom stereocenters. The van der Waals surface area contributed by atoms with Crippen LogP contribution in [0.25, 0.3) is 10.9 Å². The molecule has 0 spiro atoms. The molecule has 0 radical (unpaired) electrons. The maximum absolute atomic E-state index is 13.3. The van der Waals surface area contributed by atoms with E-state index in [0.29, 0.717) is 38.4 Å². The van der Waals surface area contributed by atoms with Crippen molar-refractivity contribution in [1.82, 2.24) is 13.8 Å². The van der Waals surface area contributed by atoms with E-state index in [4.69, 9.17) is 0 Å². The molecule has 0 unspecified atom stereocenters. The van der Waals surface area contributed by atoms with E-state index in [1.807, 2.05) is 60.7 Å². The molecule has 7 heteroatoms. The van der Waals surface area contributed by atoms with E-state index in [0.717, 1.165) is 16.5 Å². The molecule has 6 nitrogen and oxygen atoms in total. The minimum atomic E-state index is -3.22. The Morgan fingerprint density at radius 2 is 1.57 bits per heavy atom. The average molecular weight is 398 g/mol. The summed E-state index contributed by atoms with van der Waals surface area (Å²) in [7, 11) is -3.22. The number of hydrogen-bond donors (Lipinski definition) is 0. The number of aromatic nitrogens is 1. The zero-order valence-corrected chi connectivity index (χ0v) is 16.6. The van der Waals surface area contributed by atoms with Crippen molar-refractivity contribution in [3.63, 3.8) is 0 Å². The lowest BCUT2D eigenvalue weighted by Crippen LogP contribution is -2.50. The summed E-state index contributed by atoms with van der Waals surface area (Å²) in [6.45, 7) is 2.09. The molecular weight excluding hydrogens is 374 g/mol. The van der Waals surface area contributed by atoms with Gasteiger partial charge >= 0.3 is 0 Å². The summed E-state index contributed by atoms with van der Waals surface area (Å²) in [5.74, 6) is -0.0553. The Morgan fingerprint density at radius 1 is 0.929 bits per heavy atom. The molecule has 1 fully saturated rings. The van der Waals surface area contributed by atoms with Crippen molar-refractivity contribution in [3.05, 3.63) is 71.9 Å². The second-order valence-electron chi connectivity index (χ2n) is 7.11. The molecule has 1 aromatic heterocycles. The fourth-order valence-corrected chi connectivity index (χ4v) is 4.54. The first-order chi connectivity index (χ1) is 13.4. The van der Waals surface area contributed by atoms with Crippen LogP contribution < -0.4 is 0 Å². The summed E-state index contributed by atoms with van der Waals surface area (Å²) in [6.07, 6.45) is 1.21. The van der Waals surface area contributed by atoms with E-state index in [-0.39, 0.29) is 5.91 Å². The molecular formula is C21H23N3O3S. The van der Waals surface area contributed by atoms with Gasteiger partial charge in [0.05, 0.1) is 6.26 Å². The predicted octanol–water partition coefficient (Wildman–Crippen LogP) is 2.41. The Morgan fingerprint density at radius 3 is 2.25 bits per heavy atom. The van der Waals surface area contributed by atoms with Crippen LogP contribution in [0.4, 0.5) is 0 Å². The molecule has 0 saturated carbocycles. The molecule has 1 aliphatic rings. The van der Waals surface area contributed by atoms with E-state index < -0.39 is 10.0 Å². The van der Waals surface area contributed by atoms with Gasteiger partial charge in [0, 0.05) is 43.6 Å². The number of piperazine rings is 1. The standard InChI is InChI=1S/C21H23N3O3S/c1-28(26,27)23-13-11-22(12-14-23)21(25)20-15-18-9-5-6-10-19(18)24(20)16-17-7-3-2-4-8-17/h2-10,15H,11-14,16H2,1H3. The van der Waals surface area contributed by atoms with Crippen molar-refractivity contribution >= 4 is 26.8 Å². The largest absolute Gasteiger partial charge is 0.335 e. The minimum absolute atomic E-state index is 0.0553. The molecule has 2 heterocycles. The molecule has 0 aliphatic carbocycles. The quantitative estimate of drug-likeness (QED) is 0.679. The van der Waals surface area contributed by atoms with Gasteiger partial charge in [-0.05, 0) is 17.7 Å². The van der Waals surface area contributed by atoms with Crippen LogP contribution in [-0.4, -0.2) is 60.5 Å². The van der Waals surface area contributed by atoms with Crippen molar-refractivity contribution in [2.75, 3.05) is 32.4 Å². The molecule has 0 N–H and O–H groups in total. The highest BCUT2D eigenvalue weighted by Crippen LogP contribution is 2.23. The van der Waals surface area contributed by atoms with Gasteiger partial charge in [-0.2, -0.15) is 4.31 Å². The number of rotatable bonds is 4. The van der Waals surface area contributed by atoms with Gasteiger partial charge in [-0.3, -0.25) is 4.79 Å². The summed E-state index contributed by atoms with van der Waals surface area (Å²) in [5, 5.41) is 1.02. The average Bonchev–Trinajstić information content (AvgIpc) is 3.06. The number of carbonyl (C=O) groups excluding carboxylic acids is 1. The third-order valence-corrected chi connectivity index (χ3v) is 6.51. The predicted molar refractivity (Wildman–Crippen MR) is 110 cm³/mol. The van der Waals surface area contributed by atoms with Crippen molar-refractivity contribution in [1.29, 1.82) is 0 Å². The van der Waals surface area contributed by atoms with Crippen molar-refractivity contribution in [2.24, 2.45) is 0 Å². The number of amides is 1. The molecule has 0 bridgehead atoms. The smallest absolute Gasteiger partial charge is 0.270 e. The van der Waals surface area contributed by atoms with Gasteiger partial charge in [0.1, 0.15) is 5.69 Å². The van der Waals surface area contributed by atoms with Gasteiger partial charge in [0.25, 0.3) is 5.91 Å². The lowest BCUT2D eigenvalue weighted by molar-refractivity contribution is 0.0688. The topological polar surface area (TPSA) is 62.6 Å². The van der Waals surface area contributed by atoms with Crippen molar-refractivity contribution in [2.45, 2.75) is 6.54 Å². The monoisotopic (exact) mass is 397 g/mol. The molecule has 1 aliphatic heterocycles. The summed E-state index contributed by atoms with van der Waals surface area (Å²) in [5.41, 5.74) is 2.78. The van der Waals surface area contributed by atoms with Crippen LogP contribution in [-0.2, 0) is 16.6 Å². The number of para-hydroxylation sites is 1. The Labute approximate surface area is 165 Å². The van der Waals surface area contributed by atoms with Crippen LogP contribution in [0.1, 0.15) is 16.1 Å². The molecule has 1 amide bonds. The zero-order chi connectivity index (χ0) is 19.7. The van der Waals surface area contributed by atoms with Crippen LogP contribution in [0.5, 0.6) is 0 Å². The zero-order valence-electron chi connectivity index (χ0n) is 15.8. The van der Waals surface area contributed by atoms with E-state index in [1.54, 1.807) is 4.90 Å². The third kappa shape index (κ3) is 3.68. The number of carbonyl (C=O) groups is 1. The van der Waals surface area contributed by atoms with E-state index in [1.165, 1.54) is 10.6 Å². The van der Waals surface area contributed by atoms with Gasteiger partial charge in [-0.25, -0.2) is 8.42 Å². The summed E-state index contributed by atoms with van der Waals surface area (Å²) >= 11 is 0. The lowest BCUT2D eigenvalue weighted by Gasteiger charge is -2.33. The minimum Gasteiger partial charge on any atom is -0.335 e. The molecule has 28 heavy (non-hydrogen) atoms. The van der Waals surface area contributed by atoms with Gasteiger partial charge in [0.2, 0.25) is 10.0 Å². The Hall–Kier alpha value is -2.64. The van der Waals surface area contributed by atoms with E-state index >= 15 is 0 Å². The summed E-state index contributed by atoms with van der Waals surface area (Å²) < 4.78 is 26.9. The van der Waals surface area contributed by atoms with E-state index in [9.17, 15) is 13.2 Å². The lowest BCUT2D eigenvalue weighted by atomic mass is 10.2. The SMILES string of the molecule is CS(=O)(=O)N1CCN(C(=O)c2cc3ccccc3n2Cc2ccccc2)CC1. The second kappa shape index (κ2) is 7.41. The van der Waals surface area contributed by atoms with Gasteiger partial charge in [-0.15, -0.1) is 0 Å². The fraction of sp³-hybridized carbons (Fsp3) is 0.286. The Balaban J connectivity index is 1.65. The highest BCUT2D eigenvalue weighted by Gasteiger charge is 2.28. The highest BCUT2D eigenvalue weighted by atomic mass is 32.2. The van der Waals surface area contributed by atoms with Crippen LogP contribution in [0, 0.1) is 0 Å². The summed E-state index contributed by atoms with van der Waals surface area (Å²) in [4.78, 5) is 15.0. The van der Waals surface area contributed by atoms with Gasteiger partial charge < -0.3 is 9.47 Å². The Bertz CT molecular complexity index is 1100. The number of sulfonamides is 1. The maximum atomic E-state index is 13.3. The highest BCUT2D eigenvalue weighted by molar-refractivity contribution is 7.88. The molecule has 4 rings (SSSR count). The van der Waals surface area contributed by atoms with Gasteiger partial charge in [0.15, 0.2) is 0 Å². The van der Waals surface area contributed by atoms with Gasteiger partial charge in [-0.1, -0.05) is 48.5 Å². The van der Waals surface area contributed by atoms with Crippen LogP contribution >= 0.6 is 0 Å². The first kappa shape index (κ1) is 18.7. The van der Waals surface area contributed by atoms with Crippen molar-refractivity contribution in [3.8, 4) is 0 Å². The first-order valence-corrected chi connectivity index (χ1v) is 11.1. The van der Waals surface area contributed by atoms with Crippen LogP contribution in [0.3, 0.4) is 0 Å². The normalized spacial score (nSPS) is 15.8. The first-order valence-electron chi connectivity index (χ1n) is 9.30. The van der Waals surface area contributed by atoms with Crippen LogP contribution in [0.15, 0.2) is 60.7 Å². The second-order valence-corrected chi connectivity index (χ2v) is 9.10. The number of fused-ring (bicyclic) bond motifs is 1. The molecule has 1 saturated heterocycles. The van der Waals surface area contributed by atoms with Crippen LogP contribution in [0.2, 0.25) is 0 Å². The molecule has 2 aromatic carbocycles. The number of benzene rings is 2. The van der Waals surface area contributed by atoms with Crippen molar-refractivity contribution < 1.29 is 13.2 Å². The Kier molecular flexibility index (Phi) is 4.95. The third-order valence-electron chi connectivity index (χ3n) is 5.21. The fourth-order valence-electron chi connectivity index (χ4n) is 3.71. The maximum Gasteiger partial charge on any atom is 0.270 e. The van der Waals surface area contributed by atoms with E-state index in [2.05, 4.69) is 4.57 Å². The molecule has 146 valence electrons. The number of hydrogen-bond acceptors (Lipinski definition) is 3. The number of nitrogens with zero attached hydrogens (tertiary/aromatic N) is 3. The molecule has 3 aromatic rings. The summed E-state index contributed by atoms with van der Waals surface area (Å²) in [6, 6.07) is 20.0.